The minimum absolute atomic E-state index is 0.00710. The van der Waals surface area contributed by atoms with Crippen molar-refractivity contribution in [2.24, 2.45) is 11.7 Å². The SMILES string of the molecule is CSCCC(NC(=O)C(CC(=O)O)NC(=O)C(N)CC(C)C)C(=O)NC(Cc1ccc(O)cc1)C(=O)O. The minimum atomic E-state index is -1.49. The highest BCUT2D eigenvalue weighted by Crippen LogP contribution is 2.12. The van der Waals surface area contributed by atoms with Gasteiger partial charge in [0.25, 0.3) is 0 Å². The van der Waals surface area contributed by atoms with Crippen molar-refractivity contribution >= 4 is 41.4 Å². The van der Waals surface area contributed by atoms with Crippen LogP contribution in [0, 0.1) is 5.92 Å². The summed E-state index contributed by atoms with van der Waals surface area (Å²) in [6.07, 6.45) is 1.43. The molecule has 0 saturated heterocycles. The Morgan fingerprint density at radius 3 is 1.95 bits per heavy atom. The van der Waals surface area contributed by atoms with Crippen LogP contribution in [0.4, 0.5) is 0 Å². The molecular formula is C24H36N4O8S. The number of aliphatic carboxylic acids is 2. The number of thioether (sulfide) groups is 1. The highest BCUT2D eigenvalue weighted by atomic mass is 32.2. The maximum atomic E-state index is 13.0. The van der Waals surface area contributed by atoms with Crippen LogP contribution in [0.5, 0.6) is 5.75 Å². The summed E-state index contributed by atoms with van der Waals surface area (Å²) in [5.74, 6) is -4.48. The zero-order chi connectivity index (χ0) is 28.1. The van der Waals surface area contributed by atoms with E-state index in [0.717, 1.165) is 0 Å². The standard InChI is InChI=1S/C24H36N4O8S/c1-13(2)10-16(25)21(32)27-18(12-20(30)31)23(34)26-17(8-9-37-3)22(33)28-19(24(35)36)11-14-4-6-15(29)7-5-14/h4-7,13,16-19,29H,8-12,25H2,1-3H3,(H,26,34)(H,27,32)(H,28,33)(H,30,31)(H,35,36). The lowest BCUT2D eigenvalue weighted by molar-refractivity contribution is -0.143. The number of phenolic OH excluding ortho intramolecular Hbond substituents is 1. The van der Waals surface area contributed by atoms with Crippen molar-refractivity contribution in [3.8, 4) is 5.75 Å². The van der Waals surface area contributed by atoms with Crippen LogP contribution in [-0.4, -0.2) is 81.2 Å². The van der Waals surface area contributed by atoms with Gasteiger partial charge in [-0.3, -0.25) is 19.2 Å². The molecule has 13 heteroatoms. The first kappa shape index (κ1) is 31.7. The fourth-order valence-corrected chi connectivity index (χ4v) is 3.87. The number of nitrogens with two attached hydrogens (primary N) is 1. The van der Waals surface area contributed by atoms with Crippen molar-refractivity contribution in [1.82, 2.24) is 16.0 Å². The summed E-state index contributed by atoms with van der Waals surface area (Å²) < 4.78 is 0. The summed E-state index contributed by atoms with van der Waals surface area (Å²) in [6.45, 7) is 3.71. The second-order valence-electron chi connectivity index (χ2n) is 9.01. The lowest BCUT2D eigenvalue weighted by atomic mass is 10.0. The van der Waals surface area contributed by atoms with Crippen molar-refractivity contribution in [1.29, 1.82) is 0 Å². The van der Waals surface area contributed by atoms with Crippen molar-refractivity contribution in [2.75, 3.05) is 12.0 Å². The monoisotopic (exact) mass is 540 g/mol. The van der Waals surface area contributed by atoms with Crippen molar-refractivity contribution in [3.05, 3.63) is 29.8 Å². The van der Waals surface area contributed by atoms with Crippen LogP contribution < -0.4 is 21.7 Å². The maximum absolute atomic E-state index is 13.0. The van der Waals surface area contributed by atoms with Crippen molar-refractivity contribution in [3.63, 3.8) is 0 Å². The second kappa shape index (κ2) is 15.7. The van der Waals surface area contributed by atoms with Gasteiger partial charge in [0, 0.05) is 6.42 Å². The smallest absolute Gasteiger partial charge is 0.326 e. The van der Waals surface area contributed by atoms with Crippen LogP contribution >= 0.6 is 11.8 Å². The third kappa shape index (κ3) is 12.0. The van der Waals surface area contributed by atoms with Gasteiger partial charge in [-0.05, 0) is 48.5 Å². The predicted molar refractivity (Wildman–Crippen MR) is 138 cm³/mol. The van der Waals surface area contributed by atoms with Crippen LogP contribution in [0.3, 0.4) is 0 Å². The van der Waals surface area contributed by atoms with E-state index in [0.29, 0.717) is 17.7 Å². The molecule has 0 aliphatic rings. The van der Waals surface area contributed by atoms with Gasteiger partial charge < -0.3 is 37.0 Å². The number of carboxylic acid groups (broad SMARTS) is 2. The molecule has 4 atom stereocenters. The van der Waals surface area contributed by atoms with Gasteiger partial charge in [-0.15, -0.1) is 0 Å². The molecule has 8 N–H and O–H groups in total. The fourth-order valence-electron chi connectivity index (χ4n) is 3.39. The van der Waals surface area contributed by atoms with E-state index in [1.807, 2.05) is 13.8 Å². The van der Waals surface area contributed by atoms with E-state index >= 15 is 0 Å². The molecule has 37 heavy (non-hydrogen) atoms. The van der Waals surface area contributed by atoms with Crippen LogP contribution in [0.1, 0.15) is 38.7 Å². The molecule has 3 amide bonds. The van der Waals surface area contributed by atoms with Gasteiger partial charge in [0.2, 0.25) is 17.7 Å². The van der Waals surface area contributed by atoms with Crippen molar-refractivity contribution in [2.45, 2.75) is 63.7 Å². The maximum Gasteiger partial charge on any atom is 0.326 e. The molecule has 0 spiro atoms. The number of hydrogen-bond acceptors (Lipinski definition) is 8. The van der Waals surface area contributed by atoms with Gasteiger partial charge in [-0.2, -0.15) is 11.8 Å². The van der Waals surface area contributed by atoms with Gasteiger partial charge in [-0.1, -0.05) is 26.0 Å². The molecular weight excluding hydrogens is 504 g/mol. The molecule has 0 fully saturated rings. The van der Waals surface area contributed by atoms with Crippen molar-refractivity contribution < 1.29 is 39.3 Å². The van der Waals surface area contributed by atoms with E-state index < -0.39 is 60.2 Å². The average molecular weight is 541 g/mol. The number of amides is 3. The Morgan fingerprint density at radius 1 is 0.892 bits per heavy atom. The number of phenols is 1. The number of carbonyl (C=O) groups is 5. The Morgan fingerprint density at radius 2 is 1.43 bits per heavy atom. The lowest BCUT2D eigenvalue weighted by Crippen LogP contribution is -2.57. The summed E-state index contributed by atoms with van der Waals surface area (Å²) >= 11 is 1.39. The number of benzene rings is 1. The third-order valence-corrected chi connectivity index (χ3v) is 5.95. The average Bonchev–Trinajstić information content (AvgIpc) is 2.81. The normalized spacial score (nSPS) is 14.2. The highest BCUT2D eigenvalue weighted by molar-refractivity contribution is 7.98. The van der Waals surface area contributed by atoms with E-state index in [2.05, 4.69) is 16.0 Å². The molecule has 12 nitrogen and oxygen atoms in total. The summed E-state index contributed by atoms with van der Waals surface area (Å²) in [6, 6.07) is 0.883. The molecule has 1 aromatic carbocycles. The quantitative estimate of drug-likeness (QED) is 0.150. The van der Waals surface area contributed by atoms with E-state index in [-0.39, 0.29) is 24.5 Å². The van der Waals surface area contributed by atoms with Gasteiger partial charge >= 0.3 is 11.9 Å². The number of carbonyl (C=O) groups excluding carboxylic acids is 3. The van der Waals surface area contributed by atoms with Gasteiger partial charge in [0.1, 0.15) is 23.9 Å². The first-order valence-electron chi connectivity index (χ1n) is 11.7. The number of nitrogens with one attached hydrogen (secondary N) is 3. The van der Waals surface area contributed by atoms with Crippen LogP contribution in [0.25, 0.3) is 0 Å². The Bertz CT molecular complexity index is 941. The third-order valence-electron chi connectivity index (χ3n) is 5.31. The molecule has 206 valence electrons. The Kier molecular flexibility index (Phi) is 13.5. The Balaban J connectivity index is 3.00. The minimum Gasteiger partial charge on any atom is -0.508 e. The molecule has 0 saturated carbocycles. The van der Waals surface area contributed by atoms with Crippen LogP contribution in [0.2, 0.25) is 0 Å². The van der Waals surface area contributed by atoms with E-state index in [1.54, 1.807) is 6.26 Å². The van der Waals surface area contributed by atoms with Gasteiger partial charge in [0.05, 0.1) is 12.5 Å². The highest BCUT2D eigenvalue weighted by Gasteiger charge is 2.31. The van der Waals surface area contributed by atoms with E-state index in [9.17, 15) is 39.3 Å². The molecule has 4 unspecified atom stereocenters. The number of aromatic hydroxyl groups is 1. The molecule has 0 radical (unpaired) electrons. The summed E-state index contributed by atoms with van der Waals surface area (Å²) in [4.78, 5) is 61.4. The molecule has 1 aromatic rings. The number of carboxylic acids is 2. The summed E-state index contributed by atoms with van der Waals surface area (Å²) in [5, 5.41) is 35.4. The van der Waals surface area contributed by atoms with E-state index in [1.165, 1.54) is 36.0 Å². The molecule has 0 aliphatic heterocycles. The summed E-state index contributed by atoms with van der Waals surface area (Å²) in [7, 11) is 0. The summed E-state index contributed by atoms with van der Waals surface area (Å²) in [5.41, 5.74) is 6.39. The first-order valence-corrected chi connectivity index (χ1v) is 13.1. The molecule has 0 aliphatic carbocycles. The molecule has 0 bridgehead atoms. The molecule has 0 aromatic heterocycles. The Hall–Kier alpha value is -3.32. The largest absolute Gasteiger partial charge is 0.508 e. The first-order chi connectivity index (χ1) is 17.3. The zero-order valence-electron chi connectivity index (χ0n) is 21.1. The van der Waals surface area contributed by atoms with Crippen LogP contribution in [0.15, 0.2) is 24.3 Å². The second-order valence-corrected chi connectivity index (χ2v) is 9.99. The van der Waals surface area contributed by atoms with Gasteiger partial charge in [-0.25, -0.2) is 4.79 Å². The predicted octanol–water partition coefficient (Wildman–Crippen LogP) is 0.0749. The Labute approximate surface area is 219 Å². The van der Waals surface area contributed by atoms with Gasteiger partial charge in [0.15, 0.2) is 0 Å². The zero-order valence-corrected chi connectivity index (χ0v) is 21.9. The topological polar surface area (TPSA) is 208 Å². The fraction of sp³-hybridized carbons (Fsp3) is 0.542. The van der Waals surface area contributed by atoms with E-state index in [4.69, 9.17) is 5.73 Å². The number of hydrogen-bond donors (Lipinski definition) is 7. The number of rotatable bonds is 16. The molecule has 1 rings (SSSR count). The van der Waals surface area contributed by atoms with Crippen LogP contribution in [-0.2, 0) is 30.4 Å². The lowest BCUT2D eigenvalue weighted by Gasteiger charge is -2.25. The molecule has 0 heterocycles.